The molecule has 3 aromatic rings. The molecule has 0 bridgehead atoms. The van der Waals surface area contributed by atoms with Gasteiger partial charge in [0, 0.05) is 11.6 Å². The van der Waals surface area contributed by atoms with Crippen LogP contribution in [0.25, 0.3) is 22.3 Å². The van der Waals surface area contributed by atoms with Gasteiger partial charge in [0.15, 0.2) is 0 Å². The van der Waals surface area contributed by atoms with Gasteiger partial charge in [-0.3, -0.25) is 4.98 Å². The van der Waals surface area contributed by atoms with Crippen molar-refractivity contribution in [3.05, 3.63) is 60.3 Å². The predicted molar refractivity (Wildman–Crippen MR) is 83.7 cm³/mol. The van der Waals surface area contributed by atoms with E-state index in [0.717, 1.165) is 16.9 Å². The molecule has 0 radical (unpaired) electrons. The molecule has 3 rings (SSSR count). The molecule has 2 aromatic heterocycles. The molecule has 2 heteroatoms. The number of para-hydroxylation sites is 1. The van der Waals surface area contributed by atoms with Gasteiger partial charge in [-0.25, -0.2) is 4.98 Å². The van der Waals surface area contributed by atoms with Crippen molar-refractivity contribution in [2.24, 2.45) is 0 Å². The Morgan fingerprint density at radius 2 is 1.60 bits per heavy atom. The van der Waals surface area contributed by atoms with Gasteiger partial charge < -0.3 is 0 Å². The van der Waals surface area contributed by atoms with Gasteiger partial charge in [-0.2, -0.15) is 0 Å². The second-order valence-corrected chi connectivity index (χ2v) is 6.04. The lowest BCUT2D eigenvalue weighted by Gasteiger charge is -2.22. The number of fused-ring (bicyclic) bond motifs is 1. The van der Waals surface area contributed by atoms with E-state index in [1.807, 2.05) is 30.5 Å². The molecule has 0 aliphatic rings. The van der Waals surface area contributed by atoms with Gasteiger partial charge in [0.1, 0.15) is 0 Å². The first-order chi connectivity index (χ1) is 9.55. The molecule has 100 valence electrons. The number of pyridine rings is 2. The fourth-order valence-corrected chi connectivity index (χ4v) is 2.44. The van der Waals surface area contributed by atoms with Crippen LogP contribution in [0.5, 0.6) is 0 Å². The Bertz CT molecular complexity index is 740. The number of nitrogens with zero attached hydrogens (tertiary/aromatic N) is 2. The molecule has 2 heterocycles. The Morgan fingerprint density at radius 3 is 2.30 bits per heavy atom. The Balaban J connectivity index is 2.31. The summed E-state index contributed by atoms with van der Waals surface area (Å²) in [6, 6.07) is 16.4. The third kappa shape index (κ3) is 2.29. The maximum absolute atomic E-state index is 4.76. The third-order valence-corrected chi connectivity index (χ3v) is 3.45. The second-order valence-electron chi connectivity index (χ2n) is 6.04. The van der Waals surface area contributed by atoms with Gasteiger partial charge in [-0.05, 0) is 35.2 Å². The normalized spacial score (nSPS) is 11.8. The molecule has 20 heavy (non-hydrogen) atoms. The zero-order valence-electron chi connectivity index (χ0n) is 12.1. The molecule has 0 aliphatic heterocycles. The molecule has 0 spiro atoms. The van der Waals surface area contributed by atoms with Gasteiger partial charge in [0.25, 0.3) is 0 Å². The first kappa shape index (κ1) is 12.8. The summed E-state index contributed by atoms with van der Waals surface area (Å²) in [5.41, 5.74) is 4.27. The standard InChI is InChI=1S/C18H18N2/c1-18(2,3)14-12-17(16-10-6-7-11-19-16)20-15-9-5-4-8-13(14)15/h4-12H,1-3H3. The van der Waals surface area contributed by atoms with E-state index in [0.29, 0.717) is 0 Å². The summed E-state index contributed by atoms with van der Waals surface area (Å²) >= 11 is 0. The first-order valence-electron chi connectivity index (χ1n) is 6.87. The Labute approximate surface area is 119 Å². The van der Waals surface area contributed by atoms with E-state index in [9.17, 15) is 0 Å². The fraction of sp³-hybridized carbons (Fsp3) is 0.222. The van der Waals surface area contributed by atoms with Crippen LogP contribution < -0.4 is 0 Å². The Morgan fingerprint density at radius 1 is 0.850 bits per heavy atom. The first-order valence-corrected chi connectivity index (χ1v) is 6.87. The molecule has 1 aromatic carbocycles. The zero-order valence-corrected chi connectivity index (χ0v) is 12.1. The average molecular weight is 262 g/mol. The highest BCUT2D eigenvalue weighted by atomic mass is 14.8. The number of hydrogen-bond donors (Lipinski definition) is 0. The van der Waals surface area contributed by atoms with E-state index in [2.05, 4.69) is 50.0 Å². The van der Waals surface area contributed by atoms with Crippen LogP contribution in [0, 0.1) is 0 Å². The predicted octanol–water partition coefficient (Wildman–Crippen LogP) is 4.59. The summed E-state index contributed by atoms with van der Waals surface area (Å²) in [7, 11) is 0. The molecular weight excluding hydrogens is 244 g/mol. The summed E-state index contributed by atoms with van der Waals surface area (Å²) in [5, 5.41) is 1.22. The van der Waals surface area contributed by atoms with E-state index >= 15 is 0 Å². The van der Waals surface area contributed by atoms with Gasteiger partial charge in [-0.15, -0.1) is 0 Å². The fourth-order valence-electron chi connectivity index (χ4n) is 2.44. The summed E-state index contributed by atoms with van der Waals surface area (Å²) in [6.45, 7) is 6.70. The van der Waals surface area contributed by atoms with Crippen LogP contribution in [-0.4, -0.2) is 9.97 Å². The van der Waals surface area contributed by atoms with Crippen molar-refractivity contribution in [2.75, 3.05) is 0 Å². The quantitative estimate of drug-likeness (QED) is 0.640. The maximum atomic E-state index is 4.76. The van der Waals surface area contributed by atoms with E-state index in [1.54, 1.807) is 0 Å². The minimum absolute atomic E-state index is 0.0755. The van der Waals surface area contributed by atoms with Crippen molar-refractivity contribution in [3.63, 3.8) is 0 Å². The Kier molecular flexibility index (Phi) is 3.01. The van der Waals surface area contributed by atoms with Crippen molar-refractivity contribution in [3.8, 4) is 11.4 Å². The summed E-state index contributed by atoms with van der Waals surface area (Å²) in [6.07, 6.45) is 1.81. The van der Waals surface area contributed by atoms with Crippen molar-refractivity contribution in [1.29, 1.82) is 0 Å². The average Bonchev–Trinajstić information content (AvgIpc) is 2.46. The number of aromatic nitrogens is 2. The summed E-state index contributed by atoms with van der Waals surface area (Å²) in [5.74, 6) is 0. The molecule has 0 saturated carbocycles. The lowest BCUT2D eigenvalue weighted by Crippen LogP contribution is -2.12. The van der Waals surface area contributed by atoms with Crippen LogP contribution in [0.1, 0.15) is 26.3 Å². The van der Waals surface area contributed by atoms with Crippen molar-refractivity contribution in [2.45, 2.75) is 26.2 Å². The van der Waals surface area contributed by atoms with E-state index in [1.165, 1.54) is 10.9 Å². The lowest BCUT2D eigenvalue weighted by atomic mass is 9.84. The van der Waals surface area contributed by atoms with Gasteiger partial charge in [0.2, 0.25) is 0 Å². The second kappa shape index (κ2) is 4.71. The molecule has 0 aliphatic carbocycles. The zero-order chi connectivity index (χ0) is 14.2. The molecule has 0 unspecified atom stereocenters. The van der Waals surface area contributed by atoms with Crippen LogP contribution in [0.15, 0.2) is 54.7 Å². The highest BCUT2D eigenvalue weighted by Crippen LogP contribution is 2.32. The smallest absolute Gasteiger partial charge is 0.0896 e. The third-order valence-electron chi connectivity index (χ3n) is 3.45. The SMILES string of the molecule is CC(C)(C)c1cc(-c2ccccn2)nc2ccccc12. The van der Waals surface area contributed by atoms with E-state index in [4.69, 9.17) is 4.98 Å². The minimum Gasteiger partial charge on any atom is -0.255 e. The van der Waals surface area contributed by atoms with Crippen molar-refractivity contribution >= 4 is 10.9 Å². The number of hydrogen-bond acceptors (Lipinski definition) is 2. The van der Waals surface area contributed by atoms with Crippen LogP contribution in [0.4, 0.5) is 0 Å². The number of benzene rings is 1. The molecule has 0 amide bonds. The van der Waals surface area contributed by atoms with Crippen LogP contribution >= 0.6 is 0 Å². The number of rotatable bonds is 1. The van der Waals surface area contributed by atoms with Crippen LogP contribution in [-0.2, 0) is 5.41 Å². The van der Waals surface area contributed by atoms with Crippen LogP contribution in [0.3, 0.4) is 0 Å². The largest absolute Gasteiger partial charge is 0.255 e. The van der Waals surface area contributed by atoms with Crippen molar-refractivity contribution < 1.29 is 0 Å². The van der Waals surface area contributed by atoms with Gasteiger partial charge >= 0.3 is 0 Å². The molecule has 2 nitrogen and oxygen atoms in total. The monoisotopic (exact) mass is 262 g/mol. The molecule has 0 saturated heterocycles. The lowest BCUT2D eigenvalue weighted by molar-refractivity contribution is 0.595. The topological polar surface area (TPSA) is 25.8 Å². The van der Waals surface area contributed by atoms with Crippen LogP contribution in [0.2, 0.25) is 0 Å². The van der Waals surface area contributed by atoms with Crippen molar-refractivity contribution in [1.82, 2.24) is 9.97 Å². The molecule has 0 N–H and O–H groups in total. The maximum Gasteiger partial charge on any atom is 0.0896 e. The molecule has 0 fully saturated rings. The Hall–Kier alpha value is -2.22. The van der Waals surface area contributed by atoms with Gasteiger partial charge in [0.05, 0.1) is 16.9 Å². The highest BCUT2D eigenvalue weighted by Gasteiger charge is 2.19. The van der Waals surface area contributed by atoms with Gasteiger partial charge in [-0.1, -0.05) is 45.0 Å². The highest BCUT2D eigenvalue weighted by molar-refractivity contribution is 5.85. The molecule has 0 atom stereocenters. The van der Waals surface area contributed by atoms with E-state index in [-0.39, 0.29) is 5.41 Å². The van der Waals surface area contributed by atoms with E-state index < -0.39 is 0 Å². The minimum atomic E-state index is 0.0755. The summed E-state index contributed by atoms with van der Waals surface area (Å²) in [4.78, 5) is 9.17. The summed E-state index contributed by atoms with van der Waals surface area (Å²) < 4.78 is 0. The molecular formula is C18H18N2.